The largest absolute Gasteiger partial charge is 0.493 e. The zero-order chi connectivity index (χ0) is 19.5. The lowest BCUT2D eigenvalue weighted by Gasteiger charge is -2.29. The normalized spacial score (nSPS) is 16.8. The van der Waals surface area contributed by atoms with Crippen molar-refractivity contribution in [2.24, 2.45) is 0 Å². The van der Waals surface area contributed by atoms with Gasteiger partial charge >= 0.3 is 0 Å². The molecule has 7 heteroatoms. The van der Waals surface area contributed by atoms with Gasteiger partial charge in [-0.3, -0.25) is 4.90 Å². The van der Waals surface area contributed by atoms with Crippen LogP contribution in [-0.4, -0.2) is 55.8 Å². The van der Waals surface area contributed by atoms with Crippen LogP contribution in [0.3, 0.4) is 0 Å². The summed E-state index contributed by atoms with van der Waals surface area (Å²) >= 11 is 0. The Bertz CT molecular complexity index is 837. The second-order valence-electron chi connectivity index (χ2n) is 7.29. The summed E-state index contributed by atoms with van der Waals surface area (Å²) in [5.41, 5.74) is 3.49. The van der Waals surface area contributed by atoms with E-state index in [0.717, 1.165) is 56.4 Å². The number of hydrogen-bond acceptors (Lipinski definition) is 7. The van der Waals surface area contributed by atoms with Gasteiger partial charge in [-0.2, -0.15) is 0 Å². The molecule has 4 rings (SSSR count). The summed E-state index contributed by atoms with van der Waals surface area (Å²) < 4.78 is 16.5. The molecule has 1 saturated heterocycles. The van der Waals surface area contributed by atoms with Crippen LogP contribution < -0.4 is 19.1 Å². The lowest BCUT2D eigenvalue weighted by atomic mass is 10.1. The molecule has 1 aromatic heterocycles. The molecule has 0 N–H and O–H groups in total. The molecule has 2 aliphatic heterocycles. The van der Waals surface area contributed by atoms with Crippen molar-refractivity contribution in [2.45, 2.75) is 32.4 Å². The topological polar surface area (TPSA) is 60.0 Å². The molecule has 0 saturated carbocycles. The predicted molar refractivity (Wildman–Crippen MR) is 107 cm³/mol. The molecule has 0 spiro atoms. The highest BCUT2D eigenvalue weighted by Crippen LogP contribution is 2.40. The Morgan fingerprint density at radius 1 is 0.964 bits per heavy atom. The first kappa shape index (κ1) is 18.8. The fraction of sp³-hybridized carbons (Fsp3) is 0.524. The van der Waals surface area contributed by atoms with Crippen LogP contribution in [0.25, 0.3) is 0 Å². The summed E-state index contributed by atoms with van der Waals surface area (Å²) in [5.74, 6) is 2.94. The fourth-order valence-corrected chi connectivity index (χ4v) is 4.10. The number of ether oxygens (including phenoxy) is 3. The van der Waals surface area contributed by atoms with Crippen LogP contribution in [-0.2, 0) is 19.5 Å². The van der Waals surface area contributed by atoms with E-state index in [1.807, 2.05) is 18.3 Å². The van der Waals surface area contributed by atoms with Gasteiger partial charge in [0, 0.05) is 56.5 Å². The van der Waals surface area contributed by atoms with E-state index in [0.29, 0.717) is 11.5 Å². The Morgan fingerprint density at radius 3 is 2.46 bits per heavy atom. The molecule has 0 bridgehead atoms. The molecule has 0 amide bonds. The molecule has 0 unspecified atom stereocenters. The molecule has 0 atom stereocenters. The van der Waals surface area contributed by atoms with Crippen molar-refractivity contribution >= 4 is 5.95 Å². The number of methoxy groups -OCH3 is 3. The van der Waals surface area contributed by atoms with Crippen LogP contribution in [0.2, 0.25) is 0 Å². The van der Waals surface area contributed by atoms with E-state index < -0.39 is 0 Å². The third kappa shape index (κ3) is 3.58. The molecule has 7 nitrogen and oxygen atoms in total. The fourth-order valence-electron chi connectivity index (χ4n) is 4.10. The first-order chi connectivity index (χ1) is 13.7. The number of nitrogens with zero attached hydrogens (tertiary/aromatic N) is 4. The first-order valence-electron chi connectivity index (χ1n) is 9.83. The van der Waals surface area contributed by atoms with Crippen LogP contribution in [0.4, 0.5) is 5.95 Å². The van der Waals surface area contributed by atoms with Crippen molar-refractivity contribution in [2.75, 3.05) is 45.9 Å². The third-order valence-electron chi connectivity index (χ3n) is 5.57. The minimum absolute atomic E-state index is 0.637. The van der Waals surface area contributed by atoms with Crippen molar-refractivity contribution < 1.29 is 14.2 Å². The minimum atomic E-state index is 0.637. The highest BCUT2D eigenvalue weighted by atomic mass is 16.5. The first-order valence-corrected chi connectivity index (χ1v) is 9.83. The number of fused-ring (bicyclic) bond motifs is 1. The minimum Gasteiger partial charge on any atom is -0.493 e. The Balaban J connectivity index is 1.51. The smallest absolute Gasteiger partial charge is 0.225 e. The summed E-state index contributed by atoms with van der Waals surface area (Å²) in [6.45, 7) is 4.72. The number of aromatic nitrogens is 2. The molecule has 28 heavy (non-hydrogen) atoms. The quantitative estimate of drug-likeness (QED) is 0.759. The Labute approximate surface area is 166 Å². The zero-order valence-electron chi connectivity index (χ0n) is 16.9. The molecule has 1 aromatic carbocycles. The van der Waals surface area contributed by atoms with Crippen LogP contribution in [0.5, 0.6) is 17.2 Å². The van der Waals surface area contributed by atoms with Gasteiger partial charge in [-0.1, -0.05) is 6.07 Å². The Hall–Kier alpha value is -2.54. The Morgan fingerprint density at radius 2 is 1.75 bits per heavy atom. The maximum atomic E-state index is 5.63. The highest BCUT2D eigenvalue weighted by Gasteiger charge is 2.23. The van der Waals surface area contributed by atoms with Gasteiger partial charge in [0.05, 0.1) is 27.0 Å². The van der Waals surface area contributed by atoms with Gasteiger partial charge in [0.15, 0.2) is 11.5 Å². The molecule has 3 heterocycles. The summed E-state index contributed by atoms with van der Waals surface area (Å²) in [7, 11) is 4.94. The average molecular weight is 384 g/mol. The van der Waals surface area contributed by atoms with Gasteiger partial charge in [-0.05, 0) is 18.9 Å². The lowest BCUT2D eigenvalue weighted by molar-refractivity contribution is 0.237. The summed E-state index contributed by atoms with van der Waals surface area (Å²) in [5, 5.41) is 0. The van der Waals surface area contributed by atoms with E-state index in [1.54, 1.807) is 21.3 Å². The van der Waals surface area contributed by atoms with Crippen molar-refractivity contribution in [3.8, 4) is 17.2 Å². The van der Waals surface area contributed by atoms with Gasteiger partial charge in [0.1, 0.15) is 0 Å². The zero-order valence-corrected chi connectivity index (χ0v) is 16.9. The summed E-state index contributed by atoms with van der Waals surface area (Å²) in [4.78, 5) is 14.2. The third-order valence-corrected chi connectivity index (χ3v) is 5.57. The second-order valence-corrected chi connectivity index (χ2v) is 7.29. The maximum Gasteiger partial charge on any atom is 0.225 e. The van der Waals surface area contributed by atoms with E-state index in [4.69, 9.17) is 19.2 Å². The van der Waals surface area contributed by atoms with E-state index >= 15 is 0 Å². The molecule has 150 valence electrons. The van der Waals surface area contributed by atoms with Gasteiger partial charge in [-0.25, -0.2) is 9.97 Å². The monoisotopic (exact) mass is 384 g/mol. The van der Waals surface area contributed by atoms with E-state index in [1.165, 1.54) is 24.1 Å². The average Bonchev–Trinajstić information content (AvgIpc) is 3.27. The molecule has 0 radical (unpaired) electrons. The Kier molecular flexibility index (Phi) is 5.52. The van der Waals surface area contributed by atoms with Gasteiger partial charge in [-0.15, -0.1) is 0 Å². The molecule has 0 aliphatic carbocycles. The van der Waals surface area contributed by atoms with E-state index in [2.05, 4.69) is 14.8 Å². The van der Waals surface area contributed by atoms with Gasteiger partial charge in [0.25, 0.3) is 0 Å². The SMILES string of the molecule is COc1ccc(CN2CCc3nc(N4CCCC4)ncc3C2)c(OC)c1OC. The van der Waals surface area contributed by atoms with Crippen molar-refractivity contribution in [3.05, 3.63) is 35.2 Å². The molecular formula is C21H28N4O3. The summed E-state index contributed by atoms with van der Waals surface area (Å²) in [6, 6.07) is 3.97. The number of hydrogen-bond donors (Lipinski definition) is 0. The number of benzene rings is 1. The van der Waals surface area contributed by atoms with Gasteiger partial charge < -0.3 is 19.1 Å². The van der Waals surface area contributed by atoms with Crippen molar-refractivity contribution in [1.29, 1.82) is 0 Å². The molecule has 1 fully saturated rings. The number of rotatable bonds is 6. The lowest BCUT2D eigenvalue weighted by Crippen LogP contribution is -2.32. The van der Waals surface area contributed by atoms with Crippen LogP contribution in [0.15, 0.2) is 18.3 Å². The van der Waals surface area contributed by atoms with Crippen LogP contribution >= 0.6 is 0 Å². The van der Waals surface area contributed by atoms with Crippen LogP contribution in [0, 0.1) is 0 Å². The molecule has 2 aromatic rings. The predicted octanol–water partition coefficient (Wildman–Crippen LogP) is 2.66. The standard InChI is InChI=1S/C21H28N4O3/c1-26-18-7-6-15(19(27-2)20(18)28-3)13-24-11-8-17-16(14-24)12-22-21(23-17)25-9-4-5-10-25/h6-7,12H,4-5,8-11,13-14H2,1-3H3. The maximum absolute atomic E-state index is 5.63. The number of anilines is 1. The van der Waals surface area contributed by atoms with Crippen molar-refractivity contribution in [1.82, 2.24) is 14.9 Å². The highest BCUT2D eigenvalue weighted by molar-refractivity contribution is 5.55. The van der Waals surface area contributed by atoms with Gasteiger partial charge in [0.2, 0.25) is 11.7 Å². The van der Waals surface area contributed by atoms with Crippen LogP contribution in [0.1, 0.15) is 29.7 Å². The van der Waals surface area contributed by atoms with Crippen molar-refractivity contribution in [3.63, 3.8) is 0 Å². The molecular weight excluding hydrogens is 356 g/mol. The summed E-state index contributed by atoms with van der Waals surface area (Å²) in [6.07, 6.45) is 5.42. The van der Waals surface area contributed by atoms with E-state index in [9.17, 15) is 0 Å². The van der Waals surface area contributed by atoms with E-state index in [-0.39, 0.29) is 0 Å². The second kappa shape index (κ2) is 8.22. The molecule has 2 aliphatic rings.